The number of thiocarbonyl (C=S) groups is 1. The average molecular weight is 282 g/mol. The van der Waals surface area contributed by atoms with Crippen LogP contribution in [0.5, 0.6) is 0 Å². The average Bonchev–Trinajstić information content (AvgIpc) is 2.76. The van der Waals surface area contributed by atoms with Crippen molar-refractivity contribution in [2.24, 2.45) is 5.73 Å². The summed E-state index contributed by atoms with van der Waals surface area (Å²) in [5.41, 5.74) is 6.40. The minimum absolute atomic E-state index is 0.0443. The van der Waals surface area contributed by atoms with Crippen LogP contribution in [0.3, 0.4) is 0 Å². The molecular formula is C13H18N2OS2. The minimum Gasteiger partial charge on any atom is -0.391 e. The Morgan fingerprint density at radius 1 is 1.44 bits per heavy atom. The van der Waals surface area contributed by atoms with Crippen LogP contribution in [0.2, 0.25) is 0 Å². The Kier molecular flexibility index (Phi) is 4.02. The van der Waals surface area contributed by atoms with Crippen LogP contribution in [0.4, 0.5) is 0 Å². The molecule has 0 aliphatic heterocycles. The fourth-order valence-electron chi connectivity index (χ4n) is 2.47. The van der Waals surface area contributed by atoms with Gasteiger partial charge in [-0.2, -0.15) is 0 Å². The van der Waals surface area contributed by atoms with Crippen LogP contribution in [0.1, 0.15) is 47.3 Å². The molecule has 18 heavy (non-hydrogen) atoms. The molecule has 1 heterocycles. The number of rotatable bonds is 3. The van der Waals surface area contributed by atoms with E-state index in [1.54, 1.807) is 0 Å². The Hall–Kier alpha value is -0.940. The van der Waals surface area contributed by atoms with E-state index in [1.165, 1.54) is 17.8 Å². The van der Waals surface area contributed by atoms with Crippen LogP contribution in [-0.2, 0) is 0 Å². The van der Waals surface area contributed by atoms with Gasteiger partial charge in [0.2, 0.25) is 0 Å². The molecule has 0 spiro atoms. The summed E-state index contributed by atoms with van der Waals surface area (Å²) in [6.45, 7) is 1.94. The Morgan fingerprint density at radius 3 is 2.61 bits per heavy atom. The molecule has 5 heteroatoms. The molecule has 3 N–H and O–H groups in total. The first-order valence-electron chi connectivity index (χ1n) is 6.22. The van der Waals surface area contributed by atoms with E-state index >= 15 is 0 Å². The lowest BCUT2D eigenvalue weighted by atomic mass is 9.81. The summed E-state index contributed by atoms with van der Waals surface area (Å²) < 4.78 is 0. The first-order chi connectivity index (χ1) is 8.55. The van der Waals surface area contributed by atoms with Crippen molar-refractivity contribution in [2.75, 3.05) is 0 Å². The summed E-state index contributed by atoms with van der Waals surface area (Å²) >= 11 is 6.64. The van der Waals surface area contributed by atoms with Gasteiger partial charge in [0, 0.05) is 0 Å². The van der Waals surface area contributed by atoms with Crippen LogP contribution in [0.15, 0.2) is 11.4 Å². The fraction of sp³-hybridized carbons (Fsp3) is 0.538. The van der Waals surface area contributed by atoms with Crippen LogP contribution in [-0.4, -0.2) is 16.4 Å². The van der Waals surface area contributed by atoms with Gasteiger partial charge in [-0.3, -0.25) is 4.79 Å². The van der Waals surface area contributed by atoms with Gasteiger partial charge in [0.25, 0.3) is 5.91 Å². The molecule has 0 radical (unpaired) electrons. The quantitative estimate of drug-likeness (QED) is 0.838. The van der Waals surface area contributed by atoms with Crippen LogP contribution in [0, 0.1) is 6.92 Å². The van der Waals surface area contributed by atoms with Gasteiger partial charge in [0.1, 0.15) is 0 Å². The normalized spacial score (nSPS) is 18.3. The third-order valence-corrected chi connectivity index (χ3v) is 5.01. The second-order valence-electron chi connectivity index (χ2n) is 4.89. The minimum atomic E-state index is -0.471. The molecular weight excluding hydrogens is 264 g/mol. The maximum absolute atomic E-state index is 12.3. The van der Waals surface area contributed by atoms with Crippen molar-refractivity contribution in [2.45, 2.75) is 44.6 Å². The van der Waals surface area contributed by atoms with E-state index in [9.17, 15) is 4.79 Å². The van der Waals surface area contributed by atoms with E-state index in [0.29, 0.717) is 4.99 Å². The van der Waals surface area contributed by atoms with Crippen LogP contribution in [0.25, 0.3) is 0 Å². The van der Waals surface area contributed by atoms with Gasteiger partial charge in [0.15, 0.2) is 0 Å². The predicted molar refractivity (Wildman–Crippen MR) is 79.1 cm³/mol. The largest absolute Gasteiger partial charge is 0.391 e. The molecule has 0 saturated heterocycles. The van der Waals surface area contributed by atoms with Crippen molar-refractivity contribution in [3.05, 3.63) is 21.9 Å². The Bertz CT molecular complexity index is 461. The molecule has 0 unspecified atom stereocenters. The number of aryl methyl sites for hydroxylation is 1. The Balaban J connectivity index is 2.17. The van der Waals surface area contributed by atoms with E-state index in [2.05, 4.69) is 5.32 Å². The molecule has 1 aromatic heterocycles. The van der Waals surface area contributed by atoms with Gasteiger partial charge in [0.05, 0.1) is 15.4 Å². The highest BCUT2D eigenvalue weighted by atomic mass is 32.1. The molecule has 1 fully saturated rings. The van der Waals surface area contributed by atoms with Crippen LogP contribution >= 0.6 is 23.6 Å². The SMILES string of the molecule is Cc1ccsc1C(=O)NC1(C(N)=S)CCCCC1. The van der Waals surface area contributed by atoms with Gasteiger partial charge in [-0.25, -0.2) is 0 Å². The highest BCUT2D eigenvalue weighted by Gasteiger charge is 2.37. The molecule has 2 rings (SSSR count). The summed E-state index contributed by atoms with van der Waals surface area (Å²) in [5, 5.41) is 5.01. The fourth-order valence-corrected chi connectivity index (χ4v) is 3.54. The Morgan fingerprint density at radius 2 is 2.11 bits per heavy atom. The third-order valence-electron chi connectivity index (χ3n) is 3.60. The lowest BCUT2D eigenvalue weighted by Gasteiger charge is -2.37. The second kappa shape index (κ2) is 5.36. The van der Waals surface area contributed by atoms with Gasteiger partial charge < -0.3 is 11.1 Å². The maximum atomic E-state index is 12.3. The summed E-state index contributed by atoms with van der Waals surface area (Å²) in [4.78, 5) is 13.5. The van der Waals surface area contributed by atoms with Gasteiger partial charge >= 0.3 is 0 Å². The van der Waals surface area contributed by atoms with E-state index in [-0.39, 0.29) is 5.91 Å². The van der Waals surface area contributed by atoms with E-state index in [4.69, 9.17) is 18.0 Å². The zero-order valence-corrected chi connectivity index (χ0v) is 12.1. The van der Waals surface area contributed by atoms with Crippen molar-refractivity contribution < 1.29 is 4.79 Å². The molecule has 0 atom stereocenters. The van der Waals surface area contributed by atoms with Gasteiger partial charge in [-0.05, 0) is 36.8 Å². The number of nitrogens with one attached hydrogen (secondary N) is 1. The number of amides is 1. The monoisotopic (exact) mass is 282 g/mol. The molecule has 1 amide bonds. The van der Waals surface area contributed by atoms with E-state index in [1.807, 2.05) is 18.4 Å². The van der Waals surface area contributed by atoms with E-state index in [0.717, 1.165) is 36.1 Å². The maximum Gasteiger partial charge on any atom is 0.262 e. The van der Waals surface area contributed by atoms with E-state index < -0.39 is 5.54 Å². The van der Waals surface area contributed by atoms with Crippen molar-refractivity contribution in [1.82, 2.24) is 5.32 Å². The number of hydrogen-bond acceptors (Lipinski definition) is 3. The summed E-state index contributed by atoms with van der Waals surface area (Å²) in [6, 6.07) is 1.95. The summed E-state index contributed by atoms with van der Waals surface area (Å²) in [7, 11) is 0. The number of thiophene rings is 1. The lowest BCUT2D eigenvalue weighted by molar-refractivity contribution is 0.0912. The highest BCUT2D eigenvalue weighted by molar-refractivity contribution is 7.80. The topological polar surface area (TPSA) is 55.1 Å². The highest BCUT2D eigenvalue weighted by Crippen LogP contribution is 2.29. The number of carbonyl (C=O) groups excluding carboxylic acids is 1. The van der Waals surface area contributed by atoms with Crippen molar-refractivity contribution >= 4 is 34.5 Å². The number of hydrogen-bond donors (Lipinski definition) is 2. The molecule has 1 aromatic rings. The predicted octanol–water partition coefficient (Wildman–Crippen LogP) is 2.78. The molecule has 3 nitrogen and oxygen atoms in total. The van der Waals surface area contributed by atoms with Crippen molar-refractivity contribution in [3.63, 3.8) is 0 Å². The zero-order valence-electron chi connectivity index (χ0n) is 10.5. The first kappa shape index (κ1) is 13.5. The molecule has 1 aliphatic carbocycles. The second-order valence-corrected chi connectivity index (χ2v) is 6.25. The molecule has 0 bridgehead atoms. The molecule has 1 saturated carbocycles. The van der Waals surface area contributed by atoms with Gasteiger partial charge in [-0.15, -0.1) is 11.3 Å². The summed E-state index contributed by atoms with van der Waals surface area (Å²) in [6.07, 6.45) is 5.05. The van der Waals surface area contributed by atoms with Crippen molar-refractivity contribution in [1.29, 1.82) is 0 Å². The smallest absolute Gasteiger partial charge is 0.262 e. The number of carbonyl (C=O) groups is 1. The third kappa shape index (κ3) is 2.57. The molecule has 1 aliphatic rings. The standard InChI is InChI=1S/C13H18N2OS2/c1-9-5-8-18-10(9)11(16)15-13(12(14)17)6-3-2-4-7-13/h5,8H,2-4,6-7H2,1H3,(H2,14,17)(H,15,16). The van der Waals surface area contributed by atoms with Crippen molar-refractivity contribution in [3.8, 4) is 0 Å². The van der Waals surface area contributed by atoms with Crippen LogP contribution < -0.4 is 11.1 Å². The molecule has 0 aromatic carbocycles. The lowest BCUT2D eigenvalue weighted by Crippen LogP contribution is -2.57. The Labute approximate surface area is 117 Å². The first-order valence-corrected chi connectivity index (χ1v) is 7.50. The molecule has 98 valence electrons. The zero-order chi connectivity index (χ0) is 13.2. The number of nitrogens with two attached hydrogens (primary N) is 1. The van der Waals surface area contributed by atoms with Gasteiger partial charge in [-0.1, -0.05) is 31.5 Å². The summed E-state index contributed by atoms with van der Waals surface area (Å²) in [5.74, 6) is -0.0443.